The minimum Gasteiger partial charge on any atom is -0.535 e. The van der Waals surface area contributed by atoms with Gasteiger partial charge in [-0.2, -0.15) is 8.78 Å². The predicted molar refractivity (Wildman–Crippen MR) is 84.9 cm³/mol. The maximum atomic E-state index is 14.4. The number of aromatic carboxylic acids is 1. The van der Waals surface area contributed by atoms with Gasteiger partial charge >= 0.3 is 18.3 Å². The van der Waals surface area contributed by atoms with Crippen LogP contribution in [0.5, 0.6) is 5.75 Å². The smallest absolute Gasteiger partial charge is 0.526 e. The van der Waals surface area contributed by atoms with Gasteiger partial charge in [-0.05, 0) is 31.0 Å². The number of benzene rings is 1. The number of hydrogen-bond donors (Lipinski definition) is 2. The summed E-state index contributed by atoms with van der Waals surface area (Å²) in [7, 11) is 0.696. The molecule has 2 heterocycles. The summed E-state index contributed by atoms with van der Waals surface area (Å²) in [6, 6.07) is 3.10. The van der Waals surface area contributed by atoms with E-state index in [0.717, 1.165) is 6.42 Å². The van der Waals surface area contributed by atoms with E-state index in [2.05, 4.69) is 0 Å². The molecule has 24 heavy (non-hydrogen) atoms. The van der Waals surface area contributed by atoms with Crippen molar-refractivity contribution in [1.82, 2.24) is 4.90 Å². The number of alkyl halides is 2. The van der Waals surface area contributed by atoms with Crippen molar-refractivity contribution >= 4 is 24.8 Å². The van der Waals surface area contributed by atoms with Crippen LogP contribution in [0.4, 0.5) is 8.78 Å². The maximum absolute atomic E-state index is 14.4. The number of fused-ring (bicyclic) bond motifs is 3. The summed E-state index contributed by atoms with van der Waals surface area (Å²) in [5.74, 6) is -2.04. The molecule has 5 nitrogen and oxygen atoms in total. The fraction of sp³-hybridized carbons (Fsp3) is 0.533. The molecular weight excluding hydrogens is 339 g/mol. The number of carbonyl (C=O) groups is 1. The highest BCUT2D eigenvalue weighted by molar-refractivity contribution is 8.00. The Bertz CT molecular complexity index is 713. The van der Waals surface area contributed by atoms with Gasteiger partial charge in [0.05, 0.1) is 5.92 Å². The van der Waals surface area contributed by atoms with Gasteiger partial charge in [-0.3, -0.25) is 0 Å². The fourth-order valence-corrected chi connectivity index (χ4v) is 4.55. The van der Waals surface area contributed by atoms with E-state index in [1.165, 1.54) is 6.07 Å². The number of halogens is 2. The number of nitrogens with zero attached hydrogens (tertiary/aromatic N) is 1. The summed E-state index contributed by atoms with van der Waals surface area (Å²) < 4.78 is 34.2. The van der Waals surface area contributed by atoms with Crippen molar-refractivity contribution in [3.05, 3.63) is 23.3 Å². The van der Waals surface area contributed by atoms with Crippen LogP contribution < -0.4 is 4.65 Å². The molecule has 128 valence electrons. The predicted octanol–water partition coefficient (Wildman–Crippen LogP) is 2.36. The van der Waals surface area contributed by atoms with Crippen LogP contribution in [0.3, 0.4) is 0 Å². The second-order valence-corrected chi connectivity index (χ2v) is 7.95. The second kappa shape index (κ2) is 5.34. The monoisotopic (exact) mass is 355 g/mol. The van der Waals surface area contributed by atoms with Gasteiger partial charge in [-0.15, -0.1) is 0 Å². The molecule has 1 aromatic rings. The molecule has 0 amide bonds. The molecule has 2 unspecified atom stereocenters. The molecule has 1 saturated heterocycles. The fourth-order valence-electron chi connectivity index (χ4n) is 3.52. The topological polar surface area (TPSA) is 70.0 Å². The number of rotatable bonds is 4. The first-order chi connectivity index (χ1) is 11.3. The van der Waals surface area contributed by atoms with Crippen molar-refractivity contribution in [2.75, 3.05) is 20.1 Å². The van der Waals surface area contributed by atoms with Crippen molar-refractivity contribution < 1.29 is 28.4 Å². The Hall–Kier alpha value is -1.32. The molecule has 3 aliphatic rings. The highest BCUT2D eigenvalue weighted by atomic mass is 32.2. The summed E-state index contributed by atoms with van der Waals surface area (Å²) in [4.78, 5) is 13.5. The SMILES string of the molecule is CN1CC(C(F)(F)Sc2ccc3c(c2C(=O)O)OB(O)C2CC32)C1. The Morgan fingerprint density at radius 1 is 1.46 bits per heavy atom. The van der Waals surface area contributed by atoms with E-state index in [9.17, 15) is 23.7 Å². The lowest BCUT2D eigenvalue weighted by atomic mass is 9.77. The molecule has 0 aromatic heterocycles. The molecule has 1 aromatic carbocycles. The zero-order valence-electron chi connectivity index (χ0n) is 12.9. The lowest BCUT2D eigenvalue weighted by Gasteiger charge is -2.40. The Kier molecular flexibility index (Phi) is 3.60. The molecule has 2 atom stereocenters. The molecule has 1 aliphatic carbocycles. The van der Waals surface area contributed by atoms with Gasteiger partial charge < -0.3 is 19.7 Å². The number of carboxylic acid groups (broad SMARTS) is 1. The van der Waals surface area contributed by atoms with Crippen LogP contribution in [0.25, 0.3) is 0 Å². The maximum Gasteiger partial charge on any atom is 0.526 e. The minimum atomic E-state index is -3.06. The third-order valence-corrected chi connectivity index (χ3v) is 6.16. The van der Waals surface area contributed by atoms with Crippen LogP contribution in [0.1, 0.15) is 28.3 Å². The van der Waals surface area contributed by atoms with Crippen molar-refractivity contribution in [3.63, 3.8) is 0 Å². The third kappa shape index (κ3) is 2.49. The van der Waals surface area contributed by atoms with E-state index in [1.54, 1.807) is 18.0 Å². The van der Waals surface area contributed by atoms with E-state index in [1.807, 2.05) is 0 Å². The number of hydrogen-bond acceptors (Lipinski definition) is 5. The average molecular weight is 355 g/mol. The first-order valence-electron chi connectivity index (χ1n) is 7.78. The first-order valence-corrected chi connectivity index (χ1v) is 8.60. The Balaban J connectivity index is 1.69. The largest absolute Gasteiger partial charge is 0.535 e. The normalized spacial score (nSPS) is 26.2. The zero-order valence-corrected chi connectivity index (χ0v) is 13.7. The van der Waals surface area contributed by atoms with Gasteiger partial charge in [-0.1, -0.05) is 17.8 Å². The molecule has 2 N–H and O–H groups in total. The average Bonchev–Trinajstić information content (AvgIpc) is 3.24. The highest BCUT2D eigenvalue weighted by Gasteiger charge is 2.55. The molecule has 0 radical (unpaired) electrons. The van der Waals surface area contributed by atoms with Gasteiger partial charge in [0, 0.05) is 23.8 Å². The van der Waals surface area contributed by atoms with Crippen LogP contribution in [-0.4, -0.2) is 53.5 Å². The summed E-state index contributed by atoms with van der Waals surface area (Å²) in [5.41, 5.74) is 0.424. The summed E-state index contributed by atoms with van der Waals surface area (Å²) in [5, 5.41) is 16.4. The quantitative estimate of drug-likeness (QED) is 0.638. The minimum absolute atomic E-state index is 0.0212. The van der Waals surface area contributed by atoms with Crippen LogP contribution in [0.15, 0.2) is 17.0 Å². The number of carboxylic acids is 1. The molecular formula is C15H16BF2NO4S. The standard InChI is InChI=1S/C15H16BF2NO4S/c1-19-5-7(6-19)15(17,18)24-11-3-2-8-9-4-10(9)16(22)23-13(8)12(11)14(20)21/h2-3,7,9-10,22H,4-6H2,1H3,(H,20,21). The summed E-state index contributed by atoms with van der Waals surface area (Å²) in [6.07, 6.45) is 0.726. The third-order valence-electron chi connectivity index (χ3n) is 4.99. The Morgan fingerprint density at radius 3 is 2.79 bits per heavy atom. The molecule has 2 aliphatic heterocycles. The summed E-state index contributed by atoms with van der Waals surface area (Å²) >= 11 is 0.273. The Morgan fingerprint density at radius 2 is 2.17 bits per heavy atom. The van der Waals surface area contributed by atoms with Gasteiger partial charge in [0.25, 0.3) is 0 Å². The molecule has 0 bridgehead atoms. The highest BCUT2D eigenvalue weighted by Crippen LogP contribution is 2.61. The molecule has 0 spiro atoms. The lowest BCUT2D eigenvalue weighted by Crippen LogP contribution is -2.51. The second-order valence-electron chi connectivity index (χ2n) is 6.76. The number of thioether (sulfide) groups is 1. The van der Waals surface area contributed by atoms with Crippen LogP contribution in [0, 0.1) is 5.92 Å². The summed E-state index contributed by atoms with van der Waals surface area (Å²) in [6.45, 7) is 0.568. The van der Waals surface area contributed by atoms with E-state index in [0.29, 0.717) is 5.56 Å². The van der Waals surface area contributed by atoms with E-state index < -0.39 is 24.3 Å². The molecule has 9 heteroatoms. The van der Waals surface area contributed by atoms with Crippen LogP contribution in [-0.2, 0) is 0 Å². The van der Waals surface area contributed by atoms with Crippen molar-refractivity contribution in [3.8, 4) is 5.75 Å². The number of likely N-dealkylation sites (tertiary alicyclic amines) is 1. The molecule has 1 saturated carbocycles. The van der Waals surface area contributed by atoms with Gasteiger partial charge in [0.1, 0.15) is 11.3 Å². The molecule has 4 rings (SSSR count). The van der Waals surface area contributed by atoms with E-state index in [4.69, 9.17) is 4.65 Å². The lowest BCUT2D eigenvalue weighted by molar-refractivity contribution is -0.0393. The van der Waals surface area contributed by atoms with E-state index >= 15 is 0 Å². The van der Waals surface area contributed by atoms with Crippen LogP contribution >= 0.6 is 11.8 Å². The van der Waals surface area contributed by atoms with Gasteiger partial charge in [-0.25, -0.2) is 4.79 Å². The first kappa shape index (κ1) is 16.2. The van der Waals surface area contributed by atoms with Crippen LogP contribution in [0.2, 0.25) is 5.82 Å². The zero-order chi connectivity index (χ0) is 17.2. The van der Waals surface area contributed by atoms with Crippen molar-refractivity contribution in [2.45, 2.75) is 28.3 Å². The van der Waals surface area contributed by atoms with E-state index in [-0.39, 0.29) is 52.8 Å². The molecule has 2 fully saturated rings. The van der Waals surface area contributed by atoms with Gasteiger partial charge in [0.2, 0.25) is 0 Å². The van der Waals surface area contributed by atoms with Gasteiger partial charge in [0.15, 0.2) is 0 Å². The van der Waals surface area contributed by atoms with Crippen molar-refractivity contribution in [2.24, 2.45) is 5.92 Å². The van der Waals surface area contributed by atoms with Crippen molar-refractivity contribution in [1.29, 1.82) is 0 Å². The Labute approximate surface area is 142 Å².